The standard InChI is InChI=1S/C16H27NO2S/c1-13(2)11-17-12-14-7-5-8-15(18-3)16(14)19-9-6-10-20-4/h5,7-8,13,17H,6,9-12H2,1-4H3. The summed E-state index contributed by atoms with van der Waals surface area (Å²) in [5, 5.41) is 3.45. The summed E-state index contributed by atoms with van der Waals surface area (Å²) >= 11 is 1.84. The number of thioether (sulfide) groups is 1. The van der Waals surface area contributed by atoms with Gasteiger partial charge in [0.1, 0.15) is 0 Å². The lowest BCUT2D eigenvalue weighted by Gasteiger charge is -2.16. The Morgan fingerprint density at radius 2 is 2.10 bits per heavy atom. The summed E-state index contributed by atoms with van der Waals surface area (Å²) in [6.45, 7) is 6.96. The molecule has 0 aromatic heterocycles. The van der Waals surface area contributed by atoms with Crippen molar-refractivity contribution < 1.29 is 9.47 Å². The number of ether oxygens (including phenoxy) is 2. The molecule has 3 nitrogen and oxygen atoms in total. The fourth-order valence-corrected chi connectivity index (χ4v) is 2.30. The van der Waals surface area contributed by atoms with Gasteiger partial charge in [-0.15, -0.1) is 0 Å². The summed E-state index contributed by atoms with van der Waals surface area (Å²) in [7, 11) is 1.69. The smallest absolute Gasteiger partial charge is 0.165 e. The van der Waals surface area contributed by atoms with E-state index in [4.69, 9.17) is 9.47 Å². The molecule has 20 heavy (non-hydrogen) atoms. The lowest BCUT2D eigenvalue weighted by Crippen LogP contribution is -2.19. The maximum Gasteiger partial charge on any atom is 0.165 e. The molecular formula is C16H27NO2S. The maximum atomic E-state index is 5.94. The van der Waals surface area contributed by atoms with Crippen LogP contribution >= 0.6 is 11.8 Å². The molecule has 0 spiro atoms. The monoisotopic (exact) mass is 297 g/mol. The van der Waals surface area contributed by atoms with Crippen LogP contribution in [0.25, 0.3) is 0 Å². The molecule has 0 aliphatic heterocycles. The van der Waals surface area contributed by atoms with Gasteiger partial charge in [0.2, 0.25) is 0 Å². The lowest BCUT2D eigenvalue weighted by atomic mass is 10.1. The molecule has 1 N–H and O–H groups in total. The average molecular weight is 297 g/mol. The van der Waals surface area contributed by atoms with Gasteiger partial charge >= 0.3 is 0 Å². The summed E-state index contributed by atoms with van der Waals surface area (Å²) in [5.41, 5.74) is 1.16. The summed E-state index contributed by atoms with van der Waals surface area (Å²) in [5.74, 6) is 3.47. The first-order valence-electron chi connectivity index (χ1n) is 7.17. The predicted molar refractivity (Wildman–Crippen MR) is 88.0 cm³/mol. The highest BCUT2D eigenvalue weighted by molar-refractivity contribution is 7.98. The molecular weight excluding hydrogens is 270 g/mol. The molecule has 0 heterocycles. The van der Waals surface area contributed by atoms with Crippen molar-refractivity contribution in [3.63, 3.8) is 0 Å². The summed E-state index contributed by atoms with van der Waals surface area (Å²) in [6.07, 6.45) is 3.17. The SMILES string of the molecule is COc1cccc(CNCC(C)C)c1OCCCSC. The molecule has 0 bridgehead atoms. The molecule has 4 heteroatoms. The molecule has 0 radical (unpaired) electrons. The number of nitrogens with one attached hydrogen (secondary N) is 1. The zero-order valence-electron chi connectivity index (χ0n) is 13.1. The van der Waals surface area contributed by atoms with Crippen molar-refractivity contribution in [3.8, 4) is 11.5 Å². The minimum absolute atomic E-state index is 0.645. The van der Waals surface area contributed by atoms with Gasteiger partial charge < -0.3 is 14.8 Å². The number of rotatable bonds is 10. The van der Waals surface area contributed by atoms with E-state index >= 15 is 0 Å². The number of benzene rings is 1. The van der Waals surface area contributed by atoms with E-state index in [0.29, 0.717) is 5.92 Å². The van der Waals surface area contributed by atoms with Gasteiger partial charge in [0.05, 0.1) is 13.7 Å². The normalized spacial score (nSPS) is 10.8. The second-order valence-corrected chi connectivity index (χ2v) is 6.15. The average Bonchev–Trinajstić information content (AvgIpc) is 2.44. The molecule has 0 atom stereocenters. The molecule has 0 fully saturated rings. The molecule has 0 unspecified atom stereocenters. The zero-order valence-corrected chi connectivity index (χ0v) is 13.9. The van der Waals surface area contributed by atoms with Crippen LogP contribution in [0.15, 0.2) is 18.2 Å². The largest absolute Gasteiger partial charge is 0.493 e. The Morgan fingerprint density at radius 3 is 2.75 bits per heavy atom. The number of methoxy groups -OCH3 is 1. The minimum atomic E-state index is 0.645. The Balaban J connectivity index is 2.65. The van der Waals surface area contributed by atoms with Crippen molar-refractivity contribution in [1.82, 2.24) is 5.32 Å². The van der Waals surface area contributed by atoms with E-state index in [2.05, 4.69) is 31.5 Å². The van der Waals surface area contributed by atoms with Gasteiger partial charge in [0, 0.05) is 12.1 Å². The van der Waals surface area contributed by atoms with Gasteiger partial charge in [-0.2, -0.15) is 11.8 Å². The summed E-state index contributed by atoms with van der Waals surface area (Å²) < 4.78 is 11.4. The highest BCUT2D eigenvalue weighted by Gasteiger charge is 2.10. The first-order chi connectivity index (χ1) is 9.69. The fraction of sp³-hybridized carbons (Fsp3) is 0.625. The van der Waals surface area contributed by atoms with Crippen LogP contribution in [0.4, 0.5) is 0 Å². The third kappa shape index (κ3) is 6.06. The van der Waals surface area contributed by atoms with Crippen LogP contribution in [0.5, 0.6) is 11.5 Å². The number of hydrogen-bond acceptors (Lipinski definition) is 4. The van der Waals surface area contributed by atoms with Gasteiger partial charge in [0.25, 0.3) is 0 Å². The molecule has 0 aliphatic carbocycles. The molecule has 0 saturated heterocycles. The van der Waals surface area contributed by atoms with Crippen molar-refractivity contribution in [2.45, 2.75) is 26.8 Å². The van der Waals surface area contributed by atoms with Gasteiger partial charge in [-0.05, 0) is 37.0 Å². The van der Waals surface area contributed by atoms with Crippen LogP contribution in [-0.2, 0) is 6.54 Å². The van der Waals surface area contributed by atoms with Crippen molar-refractivity contribution in [2.24, 2.45) is 5.92 Å². The molecule has 0 saturated carbocycles. The lowest BCUT2D eigenvalue weighted by molar-refractivity contribution is 0.291. The van der Waals surface area contributed by atoms with E-state index in [9.17, 15) is 0 Å². The maximum absolute atomic E-state index is 5.94. The molecule has 1 rings (SSSR count). The topological polar surface area (TPSA) is 30.5 Å². The number of hydrogen-bond donors (Lipinski definition) is 1. The Kier molecular flexibility index (Phi) is 8.54. The summed E-state index contributed by atoms with van der Waals surface area (Å²) in [4.78, 5) is 0. The van der Waals surface area contributed by atoms with E-state index in [1.54, 1.807) is 7.11 Å². The van der Waals surface area contributed by atoms with Crippen molar-refractivity contribution in [2.75, 3.05) is 32.3 Å². The number of para-hydroxylation sites is 1. The van der Waals surface area contributed by atoms with Gasteiger partial charge in [-0.25, -0.2) is 0 Å². The van der Waals surface area contributed by atoms with Crippen LogP contribution < -0.4 is 14.8 Å². The Bertz CT molecular complexity index is 383. The van der Waals surface area contributed by atoms with E-state index < -0.39 is 0 Å². The van der Waals surface area contributed by atoms with Gasteiger partial charge in [-0.3, -0.25) is 0 Å². The van der Waals surface area contributed by atoms with Crippen molar-refractivity contribution in [1.29, 1.82) is 0 Å². The fourth-order valence-electron chi connectivity index (χ4n) is 1.90. The molecule has 114 valence electrons. The van der Waals surface area contributed by atoms with E-state index in [-0.39, 0.29) is 0 Å². The van der Waals surface area contributed by atoms with Crippen molar-refractivity contribution in [3.05, 3.63) is 23.8 Å². The minimum Gasteiger partial charge on any atom is -0.493 e. The van der Waals surface area contributed by atoms with Crippen LogP contribution in [0.3, 0.4) is 0 Å². The highest BCUT2D eigenvalue weighted by atomic mass is 32.2. The van der Waals surface area contributed by atoms with Crippen LogP contribution in [0.1, 0.15) is 25.8 Å². The first-order valence-corrected chi connectivity index (χ1v) is 8.56. The zero-order chi connectivity index (χ0) is 14.8. The quantitative estimate of drug-likeness (QED) is 0.669. The Morgan fingerprint density at radius 1 is 1.30 bits per heavy atom. The highest BCUT2D eigenvalue weighted by Crippen LogP contribution is 2.31. The molecule has 0 aliphatic rings. The first kappa shape index (κ1) is 17.2. The second kappa shape index (κ2) is 9.94. The van der Waals surface area contributed by atoms with E-state index in [1.165, 1.54) is 0 Å². The van der Waals surface area contributed by atoms with Crippen molar-refractivity contribution >= 4 is 11.8 Å². The van der Waals surface area contributed by atoms with Crippen LogP contribution in [-0.4, -0.2) is 32.3 Å². The van der Waals surface area contributed by atoms with E-state index in [0.717, 1.165) is 48.9 Å². The third-order valence-corrected chi connectivity index (χ3v) is 3.58. The Hall–Kier alpha value is -0.870. The third-order valence-electron chi connectivity index (χ3n) is 2.89. The molecule has 1 aromatic rings. The van der Waals surface area contributed by atoms with Crippen LogP contribution in [0.2, 0.25) is 0 Å². The Labute approximate surface area is 127 Å². The molecule has 1 aromatic carbocycles. The molecule has 0 amide bonds. The van der Waals surface area contributed by atoms with Crippen LogP contribution in [0, 0.1) is 5.92 Å². The van der Waals surface area contributed by atoms with E-state index in [1.807, 2.05) is 23.9 Å². The van der Waals surface area contributed by atoms with Gasteiger partial charge in [-0.1, -0.05) is 26.0 Å². The second-order valence-electron chi connectivity index (χ2n) is 5.17. The predicted octanol–water partition coefficient (Wildman–Crippen LogP) is 3.57. The van der Waals surface area contributed by atoms with Gasteiger partial charge in [0.15, 0.2) is 11.5 Å². The summed E-state index contributed by atoms with van der Waals surface area (Å²) in [6, 6.07) is 6.07.